The topological polar surface area (TPSA) is 38.7 Å². The third-order valence-electron chi connectivity index (χ3n) is 3.05. The zero-order valence-electron chi connectivity index (χ0n) is 11.4. The molecule has 0 aliphatic rings. The highest BCUT2D eigenvalue weighted by Gasteiger charge is 2.20. The molecule has 0 spiro atoms. The molecule has 2 aromatic carbocycles. The number of hydrogen-bond acceptors (Lipinski definition) is 3. The molecule has 0 amide bonds. The Morgan fingerprint density at radius 3 is 2.33 bits per heavy atom. The Labute approximate surface area is 150 Å². The Balaban J connectivity index is 2.52. The second-order valence-corrected chi connectivity index (χ2v) is 6.75. The van der Waals surface area contributed by atoms with Crippen LogP contribution in [0.2, 0.25) is 5.02 Å². The SMILES string of the molecule is COc1cc(Br)c(C(O)c2cc(Cl)ccc2I)cc1OC. The minimum atomic E-state index is -0.815. The largest absolute Gasteiger partial charge is 0.493 e. The molecule has 0 radical (unpaired) electrons. The Kier molecular flexibility index (Phi) is 5.76. The smallest absolute Gasteiger partial charge is 0.161 e. The van der Waals surface area contributed by atoms with Crippen molar-refractivity contribution in [3.63, 3.8) is 0 Å². The van der Waals surface area contributed by atoms with Crippen LogP contribution in [0.5, 0.6) is 11.5 Å². The molecule has 1 unspecified atom stereocenters. The van der Waals surface area contributed by atoms with Gasteiger partial charge in [0.2, 0.25) is 0 Å². The number of aliphatic hydroxyl groups is 1. The molecule has 21 heavy (non-hydrogen) atoms. The predicted octanol–water partition coefficient (Wildman–Crippen LogP) is 4.81. The zero-order chi connectivity index (χ0) is 15.6. The minimum Gasteiger partial charge on any atom is -0.493 e. The van der Waals surface area contributed by atoms with Crippen molar-refractivity contribution in [3.8, 4) is 11.5 Å². The molecule has 1 N–H and O–H groups in total. The van der Waals surface area contributed by atoms with E-state index < -0.39 is 6.10 Å². The molecular weight excluding hydrogens is 470 g/mol. The van der Waals surface area contributed by atoms with Gasteiger partial charge in [0.15, 0.2) is 11.5 Å². The summed E-state index contributed by atoms with van der Waals surface area (Å²) in [7, 11) is 3.13. The van der Waals surface area contributed by atoms with Gasteiger partial charge in [-0.1, -0.05) is 27.5 Å². The number of rotatable bonds is 4. The number of aliphatic hydroxyl groups excluding tert-OH is 1. The lowest BCUT2D eigenvalue weighted by Gasteiger charge is -2.18. The van der Waals surface area contributed by atoms with E-state index in [0.717, 1.165) is 13.6 Å². The van der Waals surface area contributed by atoms with Crippen LogP contribution in [-0.2, 0) is 0 Å². The van der Waals surface area contributed by atoms with Crippen LogP contribution in [0.4, 0.5) is 0 Å². The highest BCUT2D eigenvalue weighted by Crippen LogP contribution is 2.39. The standard InChI is InChI=1S/C15H13BrClIO3/c1-20-13-6-9(11(16)7-14(13)21-2)15(19)10-5-8(17)3-4-12(10)18/h3-7,15,19H,1-2H3. The van der Waals surface area contributed by atoms with Crippen LogP contribution in [0, 0.1) is 3.57 Å². The summed E-state index contributed by atoms with van der Waals surface area (Å²) in [4.78, 5) is 0. The fourth-order valence-corrected chi connectivity index (χ4v) is 3.32. The quantitative estimate of drug-likeness (QED) is 0.635. The van der Waals surface area contributed by atoms with Crippen LogP contribution < -0.4 is 9.47 Å². The summed E-state index contributed by atoms with van der Waals surface area (Å²) in [5.41, 5.74) is 1.43. The number of halogens is 3. The zero-order valence-corrected chi connectivity index (χ0v) is 15.9. The summed E-state index contributed by atoms with van der Waals surface area (Å²) in [6.07, 6.45) is -0.815. The van der Waals surface area contributed by atoms with E-state index in [1.165, 1.54) is 0 Å². The van der Waals surface area contributed by atoms with Gasteiger partial charge in [0.25, 0.3) is 0 Å². The molecule has 0 aliphatic heterocycles. The molecule has 2 aromatic rings. The van der Waals surface area contributed by atoms with Crippen molar-refractivity contribution in [1.82, 2.24) is 0 Å². The third-order valence-corrected chi connectivity index (χ3v) is 4.95. The molecule has 2 rings (SSSR count). The monoisotopic (exact) mass is 482 g/mol. The van der Waals surface area contributed by atoms with E-state index in [0.29, 0.717) is 22.1 Å². The van der Waals surface area contributed by atoms with E-state index in [9.17, 15) is 5.11 Å². The minimum absolute atomic E-state index is 0.562. The average Bonchev–Trinajstić information content (AvgIpc) is 2.48. The van der Waals surface area contributed by atoms with Crippen LogP contribution >= 0.6 is 50.1 Å². The van der Waals surface area contributed by atoms with E-state index in [1.807, 2.05) is 6.07 Å². The molecule has 0 saturated heterocycles. The molecular formula is C15H13BrClIO3. The van der Waals surface area contributed by atoms with Gasteiger partial charge in [0, 0.05) is 18.6 Å². The summed E-state index contributed by atoms with van der Waals surface area (Å²) in [5.74, 6) is 1.16. The van der Waals surface area contributed by atoms with E-state index in [2.05, 4.69) is 38.5 Å². The highest BCUT2D eigenvalue weighted by atomic mass is 127. The highest BCUT2D eigenvalue weighted by molar-refractivity contribution is 14.1. The van der Waals surface area contributed by atoms with Crippen molar-refractivity contribution in [3.05, 3.63) is 54.5 Å². The van der Waals surface area contributed by atoms with E-state index in [-0.39, 0.29) is 0 Å². The Bertz CT molecular complexity index is 664. The molecule has 0 aliphatic carbocycles. The molecule has 0 saturated carbocycles. The number of ether oxygens (including phenoxy) is 2. The first kappa shape index (κ1) is 16.9. The van der Waals surface area contributed by atoms with Crippen molar-refractivity contribution < 1.29 is 14.6 Å². The Morgan fingerprint density at radius 1 is 1.10 bits per heavy atom. The maximum absolute atomic E-state index is 10.7. The van der Waals surface area contributed by atoms with Crippen LogP contribution in [0.25, 0.3) is 0 Å². The summed E-state index contributed by atoms with van der Waals surface area (Å²) in [6.45, 7) is 0. The average molecular weight is 484 g/mol. The maximum atomic E-state index is 10.7. The molecule has 3 nitrogen and oxygen atoms in total. The summed E-state index contributed by atoms with van der Waals surface area (Å²) < 4.78 is 12.2. The first-order valence-electron chi connectivity index (χ1n) is 6.02. The predicted molar refractivity (Wildman–Crippen MR) is 95.5 cm³/mol. The van der Waals surface area contributed by atoms with Gasteiger partial charge in [-0.25, -0.2) is 0 Å². The van der Waals surface area contributed by atoms with Crippen LogP contribution in [0.3, 0.4) is 0 Å². The van der Waals surface area contributed by atoms with Gasteiger partial charge in [-0.2, -0.15) is 0 Å². The van der Waals surface area contributed by atoms with Crippen molar-refractivity contribution in [1.29, 1.82) is 0 Å². The van der Waals surface area contributed by atoms with Gasteiger partial charge in [-0.15, -0.1) is 0 Å². The fourth-order valence-electron chi connectivity index (χ4n) is 1.97. The Hall–Kier alpha value is -0.500. The van der Waals surface area contributed by atoms with Gasteiger partial charge >= 0.3 is 0 Å². The van der Waals surface area contributed by atoms with Crippen molar-refractivity contribution >= 4 is 50.1 Å². The number of hydrogen-bond donors (Lipinski definition) is 1. The molecule has 0 bridgehead atoms. The summed E-state index contributed by atoms with van der Waals surface area (Å²) in [5, 5.41) is 11.3. The van der Waals surface area contributed by atoms with E-state index >= 15 is 0 Å². The van der Waals surface area contributed by atoms with Crippen LogP contribution in [0.15, 0.2) is 34.8 Å². The molecule has 1 atom stereocenters. The first-order valence-corrected chi connectivity index (χ1v) is 8.27. The van der Waals surface area contributed by atoms with Gasteiger partial charge in [0.1, 0.15) is 6.10 Å². The third kappa shape index (κ3) is 3.64. The van der Waals surface area contributed by atoms with Crippen molar-refractivity contribution in [2.24, 2.45) is 0 Å². The van der Waals surface area contributed by atoms with Gasteiger partial charge in [-0.05, 0) is 58.5 Å². The summed E-state index contributed by atoms with van der Waals surface area (Å²) >= 11 is 11.7. The van der Waals surface area contributed by atoms with Crippen molar-refractivity contribution in [2.45, 2.75) is 6.10 Å². The maximum Gasteiger partial charge on any atom is 0.161 e. The Morgan fingerprint density at radius 2 is 1.71 bits per heavy atom. The molecule has 0 fully saturated rings. The molecule has 0 aromatic heterocycles. The summed E-state index contributed by atoms with van der Waals surface area (Å²) in [6, 6.07) is 8.95. The normalized spacial score (nSPS) is 12.1. The second kappa shape index (κ2) is 7.17. The van der Waals surface area contributed by atoms with Gasteiger partial charge in [-0.3, -0.25) is 0 Å². The second-order valence-electron chi connectivity index (χ2n) is 4.30. The van der Waals surface area contributed by atoms with Crippen LogP contribution in [-0.4, -0.2) is 19.3 Å². The lowest BCUT2D eigenvalue weighted by atomic mass is 10.0. The van der Waals surface area contributed by atoms with E-state index in [1.54, 1.807) is 38.5 Å². The van der Waals surface area contributed by atoms with Gasteiger partial charge < -0.3 is 14.6 Å². The molecule has 0 heterocycles. The van der Waals surface area contributed by atoms with E-state index in [4.69, 9.17) is 21.1 Å². The van der Waals surface area contributed by atoms with Crippen molar-refractivity contribution in [2.75, 3.05) is 14.2 Å². The molecule has 6 heteroatoms. The fraction of sp³-hybridized carbons (Fsp3) is 0.200. The molecule has 112 valence electrons. The number of methoxy groups -OCH3 is 2. The lowest BCUT2D eigenvalue weighted by molar-refractivity contribution is 0.217. The van der Waals surface area contributed by atoms with Crippen LogP contribution in [0.1, 0.15) is 17.2 Å². The first-order chi connectivity index (χ1) is 9.97. The van der Waals surface area contributed by atoms with Gasteiger partial charge in [0.05, 0.1) is 14.2 Å². The lowest BCUT2D eigenvalue weighted by Crippen LogP contribution is -2.04. The number of benzene rings is 2.